The largest absolute Gasteiger partial charge is 0.507 e. The van der Waals surface area contributed by atoms with E-state index in [0.29, 0.717) is 5.75 Å². The smallest absolute Gasteiger partial charge is 0.239 e. The van der Waals surface area contributed by atoms with Gasteiger partial charge < -0.3 is 74.1 Å². The van der Waals surface area contributed by atoms with E-state index < -0.39 is 96.9 Å². The number of aliphatic hydroxyl groups is 8. The van der Waals surface area contributed by atoms with Crippen molar-refractivity contribution in [2.45, 2.75) is 81.7 Å². The quantitative estimate of drug-likeness (QED) is 0.116. The van der Waals surface area contributed by atoms with Crippen molar-refractivity contribution in [1.82, 2.24) is 0 Å². The van der Waals surface area contributed by atoms with E-state index in [0.717, 1.165) is 11.6 Å². The van der Waals surface area contributed by atoms with Gasteiger partial charge in [0.05, 0.1) is 20.3 Å². The normalized spacial score (nSPS) is 30.2. The van der Waals surface area contributed by atoms with Gasteiger partial charge in [0.1, 0.15) is 77.0 Å². The molecule has 9 N–H and O–H groups in total. The summed E-state index contributed by atoms with van der Waals surface area (Å²) in [6, 6.07) is 7.26. The molecule has 3 heterocycles. The zero-order chi connectivity index (χ0) is 35.7. The molecule has 16 heteroatoms. The van der Waals surface area contributed by atoms with Crippen molar-refractivity contribution in [1.29, 1.82) is 0 Å². The first kappa shape index (κ1) is 36.5. The van der Waals surface area contributed by atoms with Crippen molar-refractivity contribution < 1.29 is 74.1 Å². The molecule has 1 aromatic heterocycles. The zero-order valence-corrected chi connectivity index (χ0v) is 26.7. The maximum absolute atomic E-state index is 14.3. The van der Waals surface area contributed by atoms with E-state index in [1.807, 2.05) is 13.8 Å². The summed E-state index contributed by atoms with van der Waals surface area (Å²) in [5.41, 5.74) is 0.151. The lowest BCUT2D eigenvalue weighted by atomic mass is 9.99. The van der Waals surface area contributed by atoms with Gasteiger partial charge in [0.2, 0.25) is 23.8 Å². The van der Waals surface area contributed by atoms with E-state index in [2.05, 4.69) is 0 Å². The summed E-state index contributed by atoms with van der Waals surface area (Å²) >= 11 is 0. The van der Waals surface area contributed by atoms with Crippen LogP contribution < -0.4 is 19.6 Å². The highest BCUT2D eigenvalue weighted by molar-refractivity contribution is 5.91. The Morgan fingerprint density at radius 3 is 1.88 bits per heavy atom. The summed E-state index contributed by atoms with van der Waals surface area (Å²) in [5, 5.41) is 92.6. The highest BCUT2D eigenvalue weighted by Crippen LogP contribution is 2.41. The Kier molecular flexibility index (Phi) is 11.1. The Bertz CT molecular complexity index is 1700. The van der Waals surface area contributed by atoms with E-state index >= 15 is 0 Å². The van der Waals surface area contributed by atoms with Crippen molar-refractivity contribution >= 4 is 11.0 Å². The van der Waals surface area contributed by atoms with Crippen molar-refractivity contribution in [3.05, 3.63) is 57.8 Å². The fraction of sp³-hybridized carbons (Fsp3) is 0.485. The number of methoxy groups -OCH3 is 1. The van der Waals surface area contributed by atoms with Crippen LogP contribution in [0.15, 0.2) is 51.2 Å². The summed E-state index contributed by atoms with van der Waals surface area (Å²) in [4.78, 5) is 14.3. The molecule has 2 aromatic carbocycles. The fourth-order valence-electron chi connectivity index (χ4n) is 5.57. The van der Waals surface area contributed by atoms with Crippen molar-refractivity contribution in [2.24, 2.45) is 0 Å². The Labute approximate surface area is 279 Å². The van der Waals surface area contributed by atoms with Gasteiger partial charge in [-0.2, -0.15) is 0 Å². The van der Waals surface area contributed by atoms with Crippen molar-refractivity contribution in [2.75, 3.05) is 20.3 Å². The number of phenolic OH excluding ortho intramolecular Hbond substituents is 1. The fourth-order valence-corrected chi connectivity index (χ4v) is 5.57. The number of hydrogen-bond acceptors (Lipinski definition) is 16. The van der Waals surface area contributed by atoms with E-state index in [-0.39, 0.29) is 34.6 Å². The van der Waals surface area contributed by atoms with Crippen LogP contribution in [0.2, 0.25) is 0 Å². The standard InChI is InChI=1S/C33H40O16/c1-13(2)4-9-16-18(45-32-27(42)25(40)22(37)19(11-34)46-32)10-17(36)21-24(39)31(49-33-28(43)26(41)23(38)20(12-35)47-33)29(48-30(16)21)14-5-7-15(44-3)8-6-14/h4-8,10,19-20,22-23,25-28,32-38,40-43H,9,11-12H2,1-3H3/t19-,20-,22-,23-,25+,26+,27-,28-,32-,33+/m1/s1. The van der Waals surface area contributed by atoms with Crippen LogP contribution in [0.25, 0.3) is 22.3 Å². The third kappa shape index (κ3) is 7.11. The van der Waals surface area contributed by atoms with Gasteiger partial charge in [-0.05, 0) is 44.5 Å². The van der Waals surface area contributed by atoms with Crippen LogP contribution in [0.1, 0.15) is 19.4 Å². The molecule has 0 amide bonds. The molecule has 5 rings (SSSR count). The van der Waals surface area contributed by atoms with Crippen LogP contribution in [0.4, 0.5) is 0 Å². The molecule has 0 saturated carbocycles. The summed E-state index contributed by atoms with van der Waals surface area (Å²) in [6.07, 6.45) is -14.9. The summed E-state index contributed by atoms with van der Waals surface area (Å²) in [6.45, 7) is 2.15. The summed E-state index contributed by atoms with van der Waals surface area (Å²) in [7, 11) is 1.45. The van der Waals surface area contributed by atoms with Crippen LogP contribution >= 0.6 is 0 Å². The van der Waals surface area contributed by atoms with E-state index in [4.69, 9.17) is 28.1 Å². The van der Waals surface area contributed by atoms with Crippen LogP contribution in [0, 0.1) is 0 Å². The minimum atomic E-state index is -1.88. The molecule has 49 heavy (non-hydrogen) atoms. The molecule has 0 spiro atoms. The van der Waals surface area contributed by atoms with Crippen LogP contribution in [-0.4, -0.2) is 128 Å². The molecule has 10 atom stereocenters. The van der Waals surface area contributed by atoms with Crippen LogP contribution in [0.3, 0.4) is 0 Å². The molecule has 0 bridgehead atoms. The second-order valence-corrected chi connectivity index (χ2v) is 12.0. The van der Waals surface area contributed by atoms with Gasteiger partial charge in [0.15, 0.2) is 5.76 Å². The van der Waals surface area contributed by atoms with Gasteiger partial charge in [-0.3, -0.25) is 4.79 Å². The van der Waals surface area contributed by atoms with E-state index in [1.165, 1.54) is 19.2 Å². The average Bonchev–Trinajstić information content (AvgIpc) is 3.09. The lowest BCUT2D eigenvalue weighted by molar-refractivity contribution is -0.277. The second kappa shape index (κ2) is 15.0. The third-order valence-electron chi connectivity index (χ3n) is 8.41. The van der Waals surface area contributed by atoms with Gasteiger partial charge in [-0.25, -0.2) is 0 Å². The van der Waals surface area contributed by atoms with E-state index in [1.54, 1.807) is 18.2 Å². The van der Waals surface area contributed by atoms with E-state index in [9.17, 15) is 50.8 Å². The number of rotatable bonds is 10. The van der Waals surface area contributed by atoms with Gasteiger partial charge >= 0.3 is 0 Å². The van der Waals surface area contributed by atoms with Crippen LogP contribution in [0.5, 0.6) is 23.0 Å². The summed E-state index contributed by atoms with van der Waals surface area (Å²) in [5.74, 6) is -1.14. The lowest BCUT2D eigenvalue weighted by Gasteiger charge is -2.39. The van der Waals surface area contributed by atoms with Crippen molar-refractivity contribution in [3.8, 4) is 34.3 Å². The summed E-state index contributed by atoms with van der Waals surface area (Å²) < 4.78 is 34.3. The van der Waals surface area contributed by atoms with Gasteiger partial charge in [0, 0.05) is 17.2 Å². The van der Waals surface area contributed by atoms with Gasteiger partial charge in [0.25, 0.3) is 0 Å². The number of ether oxygens (including phenoxy) is 5. The first-order chi connectivity index (χ1) is 23.3. The highest BCUT2D eigenvalue weighted by atomic mass is 16.7. The SMILES string of the molecule is COc1ccc(-c2oc3c(CC=C(C)C)c(O[C@@H]4O[C@H](CO)[C@@H](O)[C@H](O)[C@H]4O)cc(O)c3c(=O)c2O[C@@H]2O[C@H](CO)[C@@H](O)[C@H](O)[C@H]2O)cc1. The molecule has 0 aliphatic carbocycles. The average molecular weight is 693 g/mol. The van der Waals surface area contributed by atoms with Gasteiger partial charge in [-0.15, -0.1) is 0 Å². The maximum atomic E-state index is 14.3. The maximum Gasteiger partial charge on any atom is 0.239 e. The second-order valence-electron chi connectivity index (χ2n) is 12.0. The number of aliphatic hydroxyl groups excluding tert-OH is 8. The first-order valence-corrected chi connectivity index (χ1v) is 15.4. The zero-order valence-electron chi connectivity index (χ0n) is 26.7. The molecular formula is C33H40O16. The Hall–Kier alpha value is -3.81. The molecule has 268 valence electrons. The Morgan fingerprint density at radius 1 is 0.816 bits per heavy atom. The first-order valence-electron chi connectivity index (χ1n) is 15.4. The number of aromatic hydroxyl groups is 1. The molecule has 2 aliphatic rings. The molecule has 16 nitrogen and oxygen atoms in total. The Balaban J connectivity index is 1.71. The number of fused-ring (bicyclic) bond motifs is 1. The number of benzene rings is 2. The third-order valence-corrected chi connectivity index (χ3v) is 8.41. The molecule has 0 radical (unpaired) electrons. The number of hydrogen-bond donors (Lipinski definition) is 9. The molecule has 2 saturated heterocycles. The predicted molar refractivity (Wildman–Crippen MR) is 168 cm³/mol. The molecule has 3 aromatic rings. The van der Waals surface area contributed by atoms with Crippen molar-refractivity contribution in [3.63, 3.8) is 0 Å². The predicted octanol–water partition coefficient (Wildman–Crippen LogP) is -0.960. The van der Waals surface area contributed by atoms with Gasteiger partial charge in [-0.1, -0.05) is 11.6 Å². The minimum Gasteiger partial charge on any atom is -0.507 e. The Morgan fingerprint density at radius 2 is 1.37 bits per heavy atom. The highest BCUT2D eigenvalue weighted by Gasteiger charge is 2.46. The topological polar surface area (TPSA) is 258 Å². The molecule has 0 unspecified atom stereocenters. The monoisotopic (exact) mass is 692 g/mol. The lowest BCUT2D eigenvalue weighted by Crippen LogP contribution is -2.60. The number of allylic oxidation sites excluding steroid dienone is 2. The molecular weight excluding hydrogens is 652 g/mol. The van der Waals surface area contributed by atoms with Crippen LogP contribution in [-0.2, 0) is 15.9 Å². The molecule has 2 fully saturated rings. The minimum absolute atomic E-state index is 0.0454. The molecule has 2 aliphatic heterocycles. The number of phenols is 1.